The molecule has 1 aliphatic rings. The standard InChI is InChI=1S/C19H21N3O5S/c1-14-5-6-15(13-18(14)28(26,27)21-11-3-2-4-12-21)19(23)20-16-7-9-17(10-8-16)22(24)25/h5-10,13H,2-4,11-12H2,1H3,(H,20,23). The number of benzene rings is 2. The van der Waals surface area contributed by atoms with Crippen molar-refractivity contribution in [2.45, 2.75) is 31.1 Å². The maximum absolute atomic E-state index is 13.0. The van der Waals surface area contributed by atoms with Crippen molar-refractivity contribution >= 4 is 27.3 Å². The fourth-order valence-electron chi connectivity index (χ4n) is 3.13. The van der Waals surface area contributed by atoms with E-state index in [-0.39, 0.29) is 16.1 Å². The molecule has 3 rings (SSSR count). The number of amides is 1. The lowest BCUT2D eigenvalue weighted by atomic mass is 10.1. The fraction of sp³-hybridized carbons (Fsp3) is 0.316. The Balaban J connectivity index is 1.83. The van der Waals surface area contributed by atoms with E-state index in [0.29, 0.717) is 24.3 Å². The van der Waals surface area contributed by atoms with Crippen molar-refractivity contribution in [3.63, 3.8) is 0 Å². The highest BCUT2D eigenvalue weighted by atomic mass is 32.2. The van der Waals surface area contributed by atoms with Crippen LogP contribution < -0.4 is 5.32 Å². The van der Waals surface area contributed by atoms with Crippen LogP contribution in [-0.4, -0.2) is 36.6 Å². The zero-order chi connectivity index (χ0) is 20.3. The maximum Gasteiger partial charge on any atom is 0.269 e. The summed E-state index contributed by atoms with van der Waals surface area (Å²) < 4.78 is 27.4. The van der Waals surface area contributed by atoms with Gasteiger partial charge in [0.1, 0.15) is 0 Å². The molecule has 0 atom stereocenters. The van der Waals surface area contributed by atoms with Gasteiger partial charge in [0, 0.05) is 36.5 Å². The SMILES string of the molecule is Cc1ccc(C(=O)Nc2ccc([N+](=O)[O-])cc2)cc1S(=O)(=O)N1CCCCC1. The van der Waals surface area contributed by atoms with E-state index in [0.717, 1.165) is 19.3 Å². The summed E-state index contributed by atoms with van der Waals surface area (Å²) in [5.74, 6) is -0.482. The van der Waals surface area contributed by atoms with Gasteiger partial charge in [-0.3, -0.25) is 14.9 Å². The molecule has 2 aromatic rings. The number of aryl methyl sites for hydroxylation is 1. The van der Waals surface area contributed by atoms with Crippen LogP contribution in [0, 0.1) is 17.0 Å². The number of nitro benzene ring substituents is 1. The molecule has 0 aromatic heterocycles. The lowest BCUT2D eigenvalue weighted by molar-refractivity contribution is -0.384. The van der Waals surface area contributed by atoms with Crippen molar-refractivity contribution in [1.29, 1.82) is 0 Å². The Labute approximate surface area is 163 Å². The number of carbonyl (C=O) groups excluding carboxylic acids is 1. The summed E-state index contributed by atoms with van der Waals surface area (Å²) in [5, 5.41) is 13.3. The van der Waals surface area contributed by atoms with E-state index in [1.165, 1.54) is 34.6 Å². The number of nitrogens with one attached hydrogen (secondary N) is 1. The third kappa shape index (κ3) is 4.20. The summed E-state index contributed by atoms with van der Waals surface area (Å²) in [5.41, 5.74) is 1.09. The Kier molecular flexibility index (Phi) is 5.76. The molecular weight excluding hydrogens is 382 g/mol. The minimum atomic E-state index is -3.66. The molecule has 0 radical (unpaired) electrons. The molecule has 0 unspecified atom stereocenters. The summed E-state index contributed by atoms with van der Waals surface area (Å²) in [7, 11) is -3.66. The van der Waals surface area contributed by atoms with E-state index >= 15 is 0 Å². The highest BCUT2D eigenvalue weighted by molar-refractivity contribution is 7.89. The number of non-ortho nitro benzene ring substituents is 1. The largest absolute Gasteiger partial charge is 0.322 e. The molecule has 0 aliphatic carbocycles. The van der Waals surface area contributed by atoms with Crippen LogP contribution in [0.15, 0.2) is 47.4 Å². The van der Waals surface area contributed by atoms with Crippen LogP contribution in [0.1, 0.15) is 35.2 Å². The summed E-state index contributed by atoms with van der Waals surface area (Å²) in [4.78, 5) is 22.9. The number of carbonyl (C=O) groups is 1. The number of nitro groups is 1. The second kappa shape index (κ2) is 8.07. The summed E-state index contributed by atoms with van der Waals surface area (Å²) >= 11 is 0. The predicted octanol–water partition coefficient (Wildman–Crippen LogP) is 3.33. The monoisotopic (exact) mass is 403 g/mol. The van der Waals surface area contributed by atoms with Crippen LogP contribution in [0.2, 0.25) is 0 Å². The molecule has 148 valence electrons. The Morgan fingerprint density at radius 2 is 1.71 bits per heavy atom. The van der Waals surface area contributed by atoms with Crippen molar-refractivity contribution in [2.75, 3.05) is 18.4 Å². The minimum absolute atomic E-state index is 0.0803. The van der Waals surface area contributed by atoms with E-state index < -0.39 is 20.9 Å². The van der Waals surface area contributed by atoms with Gasteiger partial charge in [-0.05, 0) is 49.6 Å². The summed E-state index contributed by atoms with van der Waals surface area (Å²) in [6.07, 6.45) is 2.68. The predicted molar refractivity (Wildman–Crippen MR) is 105 cm³/mol. The first kappa shape index (κ1) is 20.0. The highest BCUT2D eigenvalue weighted by Gasteiger charge is 2.28. The molecule has 2 aromatic carbocycles. The van der Waals surface area contributed by atoms with Crippen molar-refractivity contribution in [3.8, 4) is 0 Å². The van der Waals surface area contributed by atoms with Gasteiger partial charge in [0.25, 0.3) is 11.6 Å². The Morgan fingerprint density at radius 1 is 1.07 bits per heavy atom. The van der Waals surface area contributed by atoms with E-state index in [1.54, 1.807) is 19.1 Å². The average Bonchev–Trinajstić information content (AvgIpc) is 2.69. The van der Waals surface area contributed by atoms with E-state index in [1.807, 2.05) is 0 Å². The van der Waals surface area contributed by atoms with Crippen LogP contribution in [-0.2, 0) is 10.0 Å². The Hall–Kier alpha value is -2.78. The second-order valence-electron chi connectivity index (χ2n) is 6.70. The van der Waals surface area contributed by atoms with E-state index in [9.17, 15) is 23.3 Å². The molecule has 1 aliphatic heterocycles. The molecule has 1 amide bonds. The van der Waals surface area contributed by atoms with Gasteiger partial charge >= 0.3 is 0 Å². The van der Waals surface area contributed by atoms with Crippen LogP contribution in [0.5, 0.6) is 0 Å². The second-order valence-corrected chi connectivity index (χ2v) is 8.61. The van der Waals surface area contributed by atoms with Gasteiger partial charge in [0.05, 0.1) is 9.82 Å². The quantitative estimate of drug-likeness (QED) is 0.608. The van der Waals surface area contributed by atoms with E-state index in [2.05, 4.69) is 5.32 Å². The van der Waals surface area contributed by atoms with Crippen LogP contribution in [0.25, 0.3) is 0 Å². The Morgan fingerprint density at radius 3 is 2.32 bits per heavy atom. The van der Waals surface area contributed by atoms with Gasteiger partial charge in [-0.2, -0.15) is 4.31 Å². The maximum atomic E-state index is 13.0. The molecule has 1 fully saturated rings. The van der Waals surface area contributed by atoms with Gasteiger partial charge in [-0.25, -0.2) is 8.42 Å². The molecule has 1 heterocycles. The minimum Gasteiger partial charge on any atom is -0.322 e. The van der Waals surface area contributed by atoms with Crippen LogP contribution in [0.3, 0.4) is 0 Å². The first-order chi connectivity index (χ1) is 13.3. The number of hydrogen-bond donors (Lipinski definition) is 1. The molecule has 8 nitrogen and oxygen atoms in total. The Bertz CT molecular complexity index is 997. The van der Waals surface area contributed by atoms with Crippen molar-refractivity contribution < 1.29 is 18.1 Å². The molecule has 0 spiro atoms. The van der Waals surface area contributed by atoms with E-state index in [4.69, 9.17) is 0 Å². The topological polar surface area (TPSA) is 110 Å². The highest BCUT2D eigenvalue weighted by Crippen LogP contribution is 2.25. The van der Waals surface area contributed by atoms with Crippen molar-refractivity contribution in [3.05, 3.63) is 63.7 Å². The van der Waals surface area contributed by atoms with Gasteiger partial charge in [0.15, 0.2) is 0 Å². The van der Waals surface area contributed by atoms with Gasteiger partial charge < -0.3 is 5.32 Å². The molecule has 0 bridgehead atoms. The molecular formula is C19H21N3O5S. The van der Waals surface area contributed by atoms with Crippen molar-refractivity contribution in [2.24, 2.45) is 0 Å². The molecule has 0 saturated carbocycles. The van der Waals surface area contributed by atoms with Gasteiger partial charge in [0.2, 0.25) is 10.0 Å². The zero-order valence-corrected chi connectivity index (χ0v) is 16.2. The first-order valence-corrected chi connectivity index (χ1v) is 10.4. The summed E-state index contributed by atoms with van der Waals surface area (Å²) in [6.45, 7) is 2.68. The van der Waals surface area contributed by atoms with Gasteiger partial charge in [-0.1, -0.05) is 12.5 Å². The number of nitrogens with zero attached hydrogens (tertiary/aromatic N) is 2. The number of sulfonamides is 1. The third-order valence-electron chi connectivity index (χ3n) is 4.72. The number of piperidine rings is 1. The lowest BCUT2D eigenvalue weighted by Crippen LogP contribution is -2.36. The van der Waals surface area contributed by atoms with Crippen LogP contribution in [0.4, 0.5) is 11.4 Å². The van der Waals surface area contributed by atoms with Crippen molar-refractivity contribution in [1.82, 2.24) is 4.31 Å². The number of anilines is 1. The molecule has 1 saturated heterocycles. The fourth-order valence-corrected chi connectivity index (χ4v) is 4.90. The lowest BCUT2D eigenvalue weighted by Gasteiger charge is -2.26. The van der Waals surface area contributed by atoms with Crippen LogP contribution >= 0.6 is 0 Å². The average molecular weight is 403 g/mol. The zero-order valence-electron chi connectivity index (χ0n) is 15.4. The first-order valence-electron chi connectivity index (χ1n) is 8.95. The smallest absolute Gasteiger partial charge is 0.269 e. The number of rotatable bonds is 5. The van der Waals surface area contributed by atoms with Gasteiger partial charge in [-0.15, -0.1) is 0 Å². The normalized spacial score (nSPS) is 15.2. The molecule has 28 heavy (non-hydrogen) atoms. The molecule has 9 heteroatoms. The molecule has 1 N–H and O–H groups in total. The number of hydrogen-bond acceptors (Lipinski definition) is 5. The summed E-state index contributed by atoms with van der Waals surface area (Å²) in [6, 6.07) is 9.99. The third-order valence-corrected chi connectivity index (χ3v) is 6.76.